The van der Waals surface area contributed by atoms with Gasteiger partial charge in [0, 0.05) is 30.4 Å². The SMILES string of the molecule is Cc1nc2cc(-c3ccccc3)nn2c(N2CCC3(CCCC3)C2)c1C(OC(C)(C)C)C(=O)O. The summed E-state index contributed by atoms with van der Waals surface area (Å²) in [6, 6.07) is 12.0. The first kappa shape index (κ1) is 22.8. The van der Waals surface area contributed by atoms with Gasteiger partial charge in [0.05, 0.1) is 16.9 Å². The number of aryl methyl sites for hydroxylation is 1. The first-order valence-electron chi connectivity index (χ1n) is 12.3. The summed E-state index contributed by atoms with van der Waals surface area (Å²) >= 11 is 0. The second-order valence-electron chi connectivity index (χ2n) is 10.9. The average molecular weight is 463 g/mol. The number of carboxylic acid groups (broad SMARTS) is 1. The van der Waals surface area contributed by atoms with E-state index in [1.165, 1.54) is 25.7 Å². The lowest BCUT2D eigenvalue weighted by Crippen LogP contribution is -2.33. The molecule has 0 radical (unpaired) electrons. The van der Waals surface area contributed by atoms with E-state index in [9.17, 15) is 9.90 Å². The molecule has 0 amide bonds. The molecule has 1 aromatic carbocycles. The van der Waals surface area contributed by atoms with Gasteiger partial charge in [0.15, 0.2) is 11.8 Å². The number of hydrogen-bond donors (Lipinski definition) is 1. The fraction of sp³-hybridized carbons (Fsp3) is 0.519. The number of benzene rings is 1. The van der Waals surface area contributed by atoms with Crippen molar-refractivity contribution in [3.8, 4) is 11.3 Å². The van der Waals surface area contributed by atoms with Gasteiger partial charge in [0.1, 0.15) is 5.82 Å². The predicted octanol–water partition coefficient (Wildman–Crippen LogP) is 5.42. The summed E-state index contributed by atoms with van der Waals surface area (Å²) in [5, 5.41) is 15.2. The van der Waals surface area contributed by atoms with E-state index in [0.717, 1.165) is 42.2 Å². The number of aliphatic carboxylic acids is 1. The summed E-state index contributed by atoms with van der Waals surface area (Å²) in [5.41, 5.74) is 3.52. The first-order valence-corrected chi connectivity index (χ1v) is 12.3. The van der Waals surface area contributed by atoms with E-state index in [1.807, 2.05) is 68.6 Å². The van der Waals surface area contributed by atoms with Crippen molar-refractivity contribution in [2.45, 2.75) is 71.5 Å². The molecular formula is C27H34N4O3. The Balaban J connectivity index is 1.70. The van der Waals surface area contributed by atoms with Crippen LogP contribution >= 0.6 is 0 Å². The topological polar surface area (TPSA) is 80.0 Å². The second-order valence-corrected chi connectivity index (χ2v) is 10.9. The molecule has 7 heteroatoms. The van der Waals surface area contributed by atoms with Gasteiger partial charge in [0.2, 0.25) is 0 Å². The monoisotopic (exact) mass is 462 g/mol. The molecule has 1 aliphatic carbocycles. The van der Waals surface area contributed by atoms with Crippen LogP contribution in [-0.4, -0.2) is 44.4 Å². The van der Waals surface area contributed by atoms with Crippen molar-refractivity contribution in [2.24, 2.45) is 5.41 Å². The highest BCUT2D eigenvalue weighted by atomic mass is 16.5. The molecule has 180 valence electrons. The molecule has 3 aromatic rings. The Labute approximate surface area is 200 Å². The molecule has 0 bridgehead atoms. The molecule has 2 aromatic heterocycles. The van der Waals surface area contributed by atoms with Gasteiger partial charge in [-0.1, -0.05) is 43.2 Å². The minimum Gasteiger partial charge on any atom is -0.479 e. The molecule has 2 fully saturated rings. The third-order valence-electron chi connectivity index (χ3n) is 7.23. The molecule has 1 saturated heterocycles. The van der Waals surface area contributed by atoms with E-state index in [0.29, 0.717) is 16.7 Å². The number of carboxylic acids is 1. The molecule has 5 rings (SSSR count). The highest BCUT2D eigenvalue weighted by Gasteiger charge is 2.43. The zero-order valence-corrected chi connectivity index (χ0v) is 20.5. The average Bonchev–Trinajstić information content (AvgIpc) is 3.52. The standard InChI is InChI=1S/C27H34N4O3/c1-18-22(23(25(32)33)34-26(2,3)4)24(30-15-14-27(17-30)12-8-9-13-27)31-21(28-18)16-20(29-31)19-10-6-5-7-11-19/h5-7,10-11,16,23H,8-9,12-15,17H2,1-4H3,(H,32,33). The zero-order valence-electron chi connectivity index (χ0n) is 20.5. The van der Waals surface area contributed by atoms with Gasteiger partial charge >= 0.3 is 5.97 Å². The van der Waals surface area contributed by atoms with Crippen molar-refractivity contribution in [1.29, 1.82) is 0 Å². The summed E-state index contributed by atoms with van der Waals surface area (Å²) < 4.78 is 7.96. The third kappa shape index (κ3) is 4.17. The Bertz CT molecular complexity index is 1210. The van der Waals surface area contributed by atoms with Crippen LogP contribution in [0.15, 0.2) is 36.4 Å². The van der Waals surface area contributed by atoms with Gasteiger partial charge < -0.3 is 14.7 Å². The lowest BCUT2D eigenvalue weighted by molar-refractivity contribution is -0.160. The van der Waals surface area contributed by atoms with Gasteiger partial charge in [-0.2, -0.15) is 9.61 Å². The summed E-state index contributed by atoms with van der Waals surface area (Å²) in [7, 11) is 0. The van der Waals surface area contributed by atoms with E-state index in [-0.39, 0.29) is 0 Å². The normalized spacial score (nSPS) is 18.8. The van der Waals surface area contributed by atoms with Crippen molar-refractivity contribution in [1.82, 2.24) is 14.6 Å². The maximum Gasteiger partial charge on any atom is 0.337 e. The Kier molecular flexibility index (Phi) is 5.63. The molecule has 1 unspecified atom stereocenters. The van der Waals surface area contributed by atoms with Gasteiger partial charge in [-0.15, -0.1) is 0 Å². The fourth-order valence-corrected chi connectivity index (χ4v) is 5.71. The highest BCUT2D eigenvalue weighted by Crippen LogP contribution is 2.48. The lowest BCUT2D eigenvalue weighted by atomic mass is 9.86. The summed E-state index contributed by atoms with van der Waals surface area (Å²) in [6.45, 7) is 9.34. The van der Waals surface area contributed by atoms with E-state index in [4.69, 9.17) is 14.8 Å². The molecule has 34 heavy (non-hydrogen) atoms. The van der Waals surface area contributed by atoms with Crippen LogP contribution in [0.2, 0.25) is 0 Å². The van der Waals surface area contributed by atoms with Crippen molar-refractivity contribution in [3.63, 3.8) is 0 Å². The molecule has 2 aliphatic rings. The Morgan fingerprint density at radius 2 is 1.85 bits per heavy atom. The van der Waals surface area contributed by atoms with Crippen LogP contribution < -0.4 is 4.90 Å². The molecule has 1 N–H and O–H groups in total. The minimum atomic E-state index is -1.13. The second kappa shape index (κ2) is 8.38. The van der Waals surface area contributed by atoms with E-state index < -0.39 is 17.7 Å². The van der Waals surface area contributed by atoms with Crippen molar-refractivity contribution in [3.05, 3.63) is 47.7 Å². The van der Waals surface area contributed by atoms with Crippen LogP contribution in [0.25, 0.3) is 16.9 Å². The number of hydrogen-bond acceptors (Lipinski definition) is 5. The number of rotatable bonds is 5. The smallest absolute Gasteiger partial charge is 0.337 e. The molecule has 1 spiro atoms. The van der Waals surface area contributed by atoms with Crippen LogP contribution in [-0.2, 0) is 9.53 Å². The largest absolute Gasteiger partial charge is 0.479 e. The lowest BCUT2D eigenvalue weighted by Gasteiger charge is -2.31. The quantitative estimate of drug-likeness (QED) is 0.546. The van der Waals surface area contributed by atoms with Crippen molar-refractivity contribution in [2.75, 3.05) is 18.0 Å². The fourth-order valence-electron chi connectivity index (χ4n) is 5.71. The van der Waals surface area contributed by atoms with Crippen LogP contribution in [0.1, 0.15) is 70.2 Å². The van der Waals surface area contributed by atoms with Crippen LogP contribution in [0.3, 0.4) is 0 Å². The Morgan fingerprint density at radius 3 is 2.50 bits per heavy atom. The van der Waals surface area contributed by atoms with Gasteiger partial charge in [-0.05, 0) is 52.4 Å². The van der Waals surface area contributed by atoms with E-state index in [2.05, 4.69) is 4.90 Å². The zero-order chi connectivity index (χ0) is 24.1. The molecule has 7 nitrogen and oxygen atoms in total. The minimum absolute atomic E-state index is 0.319. The van der Waals surface area contributed by atoms with E-state index in [1.54, 1.807) is 0 Å². The highest BCUT2D eigenvalue weighted by molar-refractivity contribution is 5.79. The summed E-state index contributed by atoms with van der Waals surface area (Å²) in [5.74, 6) is -0.198. The maximum atomic E-state index is 12.5. The first-order chi connectivity index (χ1) is 16.2. The predicted molar refractivity (Wildman–Crippen MR) is 132 cm³/mol. The summed E-state index contributed by atoms with van der Waals surface area (Å²) in [4.78, 5) is 19.7. The Morgan fingerprint density at radius 1 is 1.15 bits per heavy atom. The molecule has 1 atom stereocenters. The third-order valence-corrected chi connectivity index (χ3v) is 7.23. The number of nitrogens with zero attached hydrogens (tertiary/aromatic N) is 4. The number of aromatic nitrogens is 3. The molecule has 3 heterocycles. The van der Waals surface area contributed by atoms with Gasteiger partial charge in [-0.3, -0.25) is 0 Å². The van der Waals surface area contributed by atoms with Gasteiger partial charge in [-0.25, -0.2) is 9.78 Å². The molecule has 1 aliphatic heterocycles. The number of ether oxygens (including phenoxy) is 1. The summed E-state index contributed by atoms with van der Waals surface area (Å²) in [6.07, 6.45) is 5.02. The number of anilines is 1. The molecule has 1 saturated carbocycles. The van der Waals surface area contributed by atoms with Crippen molar-refractivity contribution < 1.29 is 14.6 Å². The van der Waals surface area contributed by atoms with Crippen molar-refractivity contribution >= 4 is 17.4 Å². The van der Waals surface area contributed by atoms with E-state index >= 15 is 0 Å². The van der Waals surface area contributed by atoms with Crippen LogP contribution in [0.4, 0.5) is 5.82 Å². The van der Waals surface area contributed by atoms with Crippen LogP contribution in [0, 0.1) is 12.3 Å². The molecular weight excluding hydrogens is 428 g/mol. The van der Waals surface area contributed by atoms with Gasteiger partial charge in [0.25, 0.3) is 0 Å². The van der Waals surface area contributed by atoms with Crippen LogP contribution in [0.5, 0.6) is 0 Å². The maximum absolute atomic E-state index is 12.5. The Hall–Kier alpha value is -2.93. The number of carbonyl (C=O) groups is 1. The number of fused-ring (bicyclic) bond motifs is 1.